The number of rotatable bonds is 4. The molecule has 0 bridgehead atoms. The number of halogens is 2. The highest BCUT2D eigenvalue weighted by Crippen LogP contribution is 2.36. The van der Waals surface area contributed by atoms with Gasteiger partial charge in [0.15, 0.2) is 4.34 Å². The summed E-state index contributed by atoms with van der Waals surface area (Å²) in [6, 6.07) is 5.50. The van der Waals surface area contributed by atoms with Gasteiger partial charge in [-0.25, -0.2) is 0 Å². The molecule has 3 rings (SSSR count). The lowest BCUT2D eigenvalue weighted by Crippen LogP contribution is -2.51. The lowest BCUT2D eigenvalue weighted by Gasteiger charge is -2.37. The molecule has 2 aromatic rings. The van der Waals surface area contributed by atoms with Gasteiger partial charge in [-0.2, -0.15) is 0 Å². The number of hydrogen-bond acceptors (Lipinski definition) is 6. The van der Waals surface area contributed by atoms with Crippen LogP contribution in [0.4, 0.5) is 5.69 Å². The molecule has 9 heteroatoms. The average Bonchev–Trinajstić information content (AvgIpc) is 3.02. The van der Waals surface area contributed by atoms with E-state index in [1.807, 2.05) is 19.1 Å². The number of nitrogens with one attached hydrogen (secondary N) is 1. The van der Waals surface area contributed by atoms with E-state index in [2.05, 4.69) is 15.5 Å². The van der Waals surface area contributed by atoms with Gasteiger partial charge in [0, 0.05) is 16.1 Å². The second kappa shape index (κ2) is 8.68. The molecule has 1 aromatic carbocycles. The summed E-state index contributed by atoms with van der Waals surface area (Å²) in [5.41, 5.74) is 8.23. The van der Waals surface area contributed by atoms with Crippen LogP contribution < -0.4 is 11.1 Å². The molecule has 1 aliphatic rings. The number of amides is 1. The predicted molar refractivity (Wildman–Crippen MR) is 106 cm³/mol. The van der Waals surface area contributed by atoms with Gasteiger partial charge in [0.25, 0.3) is 0 Å². The molecule has 1 amide bonds. The first kappa shape index (κ1) is 20.5. The quantitative estimate of drug-likeness (QED) is 0.757. The van der Waals surface area contributed by atoms with E-state index in [0.29, 0.717) is 10.7 Å². The molecule has 25 heavy (non-hydrogen) atoms. The van der Waals surface area contributed by atoms with Crippen molar-refractivity contribution >= 4 is 58.7 Å². The number of nitrogens with zero attached hydrogens (tertiary/aromatic N) is 2. The molecule has 2 atom stereocenters. The summed E-state index contributed by atoms with van der Waals surface area (Å²) in [6.07, 6.45) is 3.84. The van der Waals surface area contributed by atoms with E-state index in [4.69, 9.17) is 17.3 Å². The second-order valence-electron chi connectivity index (χ2n) is 6.25. The second-order valence-corrected chi connectivity index (χ2v) is 8.77. The minimum Gasteiger partial charge on any atom is -0.326 e. The summed E-state index contributed by atoms with van der Waals surface area (Å²) < 4.78 is 0.829. The van der Waals surface area contributed by atoms with Gasteiger partial charge in [0.1, 0.15) is 5.51 Å². The molecular formula is C16H20Cl2N4OS2. The third-order valence-corrected chi connectivity index (χ3v) is 6.59. The Kier molecular flexibility index (Phi) is 7.10. The summed E-state index contributed by atoms with van der Waals surface area (Å²) in [7, 11) is 0. The van der Waals surface area contributed by atoms with E-state index in [0.717, 1.165) is 34.9 Å². The summed E-state index contributed by atoms with van der Waals surface area (Å²) in [6.45, 7) is 1.96. The fourth-order valence-corrected chi connectivity index (χ4v) is 4.72. The Morgan fingerprint density at radius 2 is 2.28 bits per heavy atom. The van der Waals surface area contributed by atoms with Crippen LogP contribution in [0.15, 0.2) is 32.9 Å². The largest absolute Gasteiger partial charge is 0.326 e. The Balaban J connectivity index is 0.00000225. The van der Waals surface area contributed by atoms with Crippen LogP contribution in [0, 0.1) is 5.92 Å². The monoisotopic (exact) mass is 418 g/mol. The number of anilines is 1. The van der Waals surface area contributed by atoms with E-state index >= 15 is 0 Å². The number of hydrogen-bond donors (Lipinski definition) is 2. The van der Waals surface area contributed by atoms with Crippen molar-refractivity contribution in [2.24, 2.45) is 11.7 Å². The molecule has 1 fully saturated rings. The van der Waals surface area contributed by atoms with E-state index in [1.165, 1.54) is 23.1 Å². The van der Waals surface area contributed by atoms with Crippen LogP contribution in [0.25, 0.3) is 0 Å². The zero-order chi connectivity index (χ0) is 17.2. The molecule has 2 unspecified atom stereocenters. The Morgan fingerprint density at radius 1 is 1.48 bits per heavy atom. The maximum absolute atomic E-state index is 12.6. The van der Waals surface area contributed by atoms with Crippen molar-refractivity contribution in [3.63, 3.8) is 0 Å². The van der Waals surface area contributed by atoms with Crippen LogP contribution in [0.1, 0.15) is 32.6 Å². The van der Waals surface area contributed by atoms with Crippen LogP contribution in [0.3, 0.4) is 0 Å². The third kappa shape index (κ3) is 5.08. The van der Waals surface area contributed by atoms with Gasteiger partial charge in [0.05, 0.1) is 10.9 Å². The van der Waals surface area contributed by atoms with Crippen molar-refractivity contribution in [2.45, 2.75) is 47.4 Å². The molecule has 0 saturated heterocycles. The standard InChI is InChI=1S/C16H19ClN4OS2.ClH/c1-16(18)7-3-2-4-11(16)14(22)20-10-5-6-13(12(17)8-10)24-15-21-19-9-23-15;/h5-6,8-9,11H,2-4,7,18H2,1H3,(H,20,22);1H. The zero-order valence-electron chi connectivity index (χ0n) is 13.7. The number of aromatic nitrogens is 2. The van der Waals surface area contributed by atoms with E-state index < -0.39 is 5.54 Å². The SMILES string of the molecule is CC1(N)CCCCC1C(=O)Nc1ccc(Sc2nncs2)c(Cl)c1.Cl. The van der Waals surface area contributed by atoms with Crippen molar-refractivity contribution in [3.8, 4) is 0 Å². The Labute approximate surface area is 166 Å². The van der Waals surface area contributed by atoms with Crippen LogP contribution in [-0.2, 0) is 4.79 Å². The number of carbonyl (C=O) groups excluding carboxylic acids is 1. The van der Waals surface area contributed by atoms with Gasteiger partial charge in [-0.15, -0.1) is 22.6 Å². The van der Waals surface area contributed by atoms with Crippen LogP contribution in [-0.4, -0.2) is 21.6 Å². The molecule has 1 heterocycles. The Hall–Kier alpha value is -0.860. The summed E-state index contributed by atoms with van der Waals surface area (Å²) in [4.78, 5) is 13.5. The highest BCUT2D eigenvalue weighted by molar-refractivity contribution is 8.01. The molecule has 136 valence electrons. The number of nitrogens with two attached hydrogens (primary N) is 1. The van der Waals surface area contributed by atoms with Crippen molar-refractivity contribution in [1.82, 2.24) is 10.2 Å². The summed E-state index contributed by atoms with van der Waals surface area (Å²) in [5.74, 6) is -0.194. The van der Waals surface area contributed by atoms with Gasteiger partial charge < -0.3 is 11.1 Å². The van der Waals surface area contributed by atoms with Gasteiger partial charge in [-0.3, -0.25) is 4.79 Å². The Morgan fingerprint density at radius 3 is 2.92 bits per heavy atom. The molecule has 1 aliphatic carbocycles. The molecule has 5 nitrogen and oxygen atoms in total. The molecule has 3 N–H and O–H groups in total. The van der Waals surface area contributed by atoms with Crippen LogP contribution in [0.2, 0.25) is 5.02 Å². The van der Waals surface area contributed by atoms with E-state index in [-0.39, 0.29) is 24.2 Å². The lowest BCUT2D eigenvalue weighted by molar-refractivity contribution is -0.122. The zero-order valence-corrected chi connectivity index (χ0v) is 16.9. The summed E-state index contributed by atoms with van der Waals surface area (Å²) in [5, 5.41) is 11.3. The maximum Gasteiger partial charge on any atom is 0.229 e. The van der Waals surface area contributed by atoms with Crippen molar-refractivity contribution < 1.29 is 4.79 Å². The first-order chi connectivity index (χ1) is 11.5. The number of carbonyl (C=O) groups is 1. The van der Waals surface area contributed by atoms with Crippen molar-refractivity contribution in [3.05, 3.63) is 28.7 Å². The first-order valence-corrected chi connectivity index (χ1v) is 9.86. The smallest absolute Gasteiger partial charge is 0.229 e. The fraction of sp³-hybridized carbons (Fsp3) is 0.438. The molecule has 0 radical (unpaired) electrons. The van der Waals surface area contributed by atoms with Gasteiger partial charge in [0.2, 0.25) is 5.91 Å². The first-order valence-electron chi connectivity index (χ1n) is 7.79. The molecule has 1 saturated carbocycles. The molecule has 0 aliphatic heterocycles. The minimum absolute atomic E-state index is 0. The summed E-state index contributed by atoms with van der Waals surface area (Å²) >= 11 is 9.25. The van der Waals surface area contributed by atoms with Crippen molar-refractivity contribution in [1.29, 1.82) is 0 Å². The molecular weight excluding hydrogens is 399 g/mol. The minimum atomic E-state index is -0.445. The average molecular weight is 419 g/mol. The lowest BCUT2D eigenvalue weighted by atomic mass is 9.74. The van der Waals surface area contributed by atoms with Gasteiger partial charge in [-0.05, 0) is 38.0 Å². The van der Waals surface area contributed by atoms with Gasteiger partial charge in [-0.1, -0.05) is 47.5 Å². The fourth-order valence-electron chi connectivity index (χ4n) is 2.98. The van der Waals surface area contributed by atoms with Gasteiger partial charge >= 0.3 is 0 Å². The van der Waals surface area contributed by atoms with Crippen LogP contribution in [0.5, 0.6) is 0 Å². The molecule has 0 spiro atoms. The number of benzene rings is 1. The maximum atomic E-state index is 12.6. The van der Waals surface area contributed by atoms with Crippen molar-refractivity contribution in [2.75, 3.05) is 5.32 Å². The highest BCUT2D eigenvalue weighted by Gasteiger charge is 2.37. The normalized spacial score (nSPS) is 22.9. The Bertz CT molecular complexity index is 725. The van der Waals surface area contributed by atoms with E-state index in [9.17, 15) is 4.79 Å². The molecule has 1 aromatic heterocycles. The topological polar surface area (TPSA) is 80.9 Å². The van der Waals surface area contributed by atoms with Crippen LogP contribution >= 0.6 is 47.1 Å². The predicted octanol–water partition coefficient (Wildman–Crippen LogP) is 4.61. The van der Waals surface area contributed by atoms with E-state index in [1.54, 1.807) is 11.6 Å². The highest BCUT2D eigenvalue weighted by atomic mass is 35.5. The third-order valence-electron chi connectivity index (χ3n) is 4.31.